The number of pyridine rings is 1. The molecule has 2 rings (SSSR count). The lowest BCUT2D eigenvalue weighted by molar-refractivity contribution is 0.259. The van der Waals surface area contributed by atoms with E-state index in [-0.39, 0.29) is 0 Å². The first-order valence-electron chi connectivity index (χ1n) is 6.07. The van der Waals surface area contributed by atoms with Crippen LogP contribution in [0.15, 0.2) is 54.2 Å². The molecule has 1 aliphatic heterocycles. The molecule has 0 saturated heterocycles. The zero-order valence-electron chi connectivity index (χ0n) is 11.1. The Morgan fingerprint density at radius 3 is 2.84 bits per heavy atom. The molecule has 1 aromatic heterocycles. The highest BCUT2D eigenvalue weighted by Crippen LogP contribution is 2.19. The van der Waals surface area contributed by atoms with Gasteiger partial charge in [-0.1, -0.05) is 12.1 Å². The fourth-order valence-corrected chi connectivity index (χ4v) is 1.85. The molecule has 5 nitrogen and oxygen atoms in total. The van der Waals surface area contributed by atoms with Gasteiger partial charge in [0, 0.05) is 6.20 Å². The first kappa shape index (κ1) is 13.2. The average Bonchev–Trinajstić information content (AvgIpc) is 2.49. The fraction of sp³-hybridized carbons (Fsp3) is 0.214. The molecule has 0 radical (unpaired) electrons. The lowest BCUT2D eigenvalue weighted by Crippen LogP contribution is -2.35. The number of allylic oxidation sites excluding steroid dienone is 3. The second-order valence-electron chi connectivity index (χ2n) is 4.01. The Morgan fingerprint density at radius 2 is 2.32 bits per heavy atom. The van der Waals surface area contributed by atoms with Gasteiger partial charge in [-0.15, -0.1) is 0 Å². The molecule has 0 aromatic carbocycles. The Morgan fingerprint density at radius 1 is 1.47 bits per heavy atom. The largest absolute Gasteiger partial charge is 0.483 e. The van der Waals surface area contributed by atoms with Gasteiger partial charge in [0.25, 0.3) is 0 Å². The van der Waals surface area contributed by atoms with Gasteiger partial charge in [0.2, 0.25) is 0 Å². The number of hydrogen-bond donors (Lipinski definition) is 2. The maximum absolute atomic E-state index is 6.17. The zero-order valence-corrected chi connectivity index (χ0v) is 11.1. The lowest BCUT2D eigenvalue weighted by Gasteiger charge is -2.26. The summed E-state index contributed by atoms with van der Waals surface area (Å²) in [4.78, 5) is 4.32. The van der Waals surface area contributed by atoms with Crippen LogP contribution >= 0.6 is 0 Å². The number of nitrogens with two attached hydrogens (primary N) is 1. The SMILES string of the molecule is C/C=C(/c1ccccn1)N(N)C1=CC=C(OC)NC1. The summed E-state index contributed by atoms with van der Waals surface area (Å²) in [6.07, 6.45) is 7.48. The summed E-state index contributed by atoms with van der Waals surface area (Å²) < 4.78 is 5.11. The Hall–Kier alpha value is -2.27. The minimum absolute atomic E-state index is 0.611. The molecule has 5 heteroatoms. The number of hydrogen-bond acceptors (Lipinski definition) is 5. The quantitative estimate of drug-likeness (QED) is 0.634. The van der Waals surface area contributed by atoms with Crippen LogP contribution in [-0.4, -0.2) is 23.6 Å². The van der Waals surface area contributed by atoms with Gasteiger partial charge in [0.05, 0.1) is 30.7 Å². The number of hydrazine groups is 1. The van der Waals surface area contributed by atoms with Crippen LogP contribution < -0.4 is 11.2 Å². The van der Waals surface area contributed by atoms with E-state index in [4.69, 9.17) is 10.6 Å². The number of methoxy groups -OCH3 is 1. The number of nitrogens with zero attached hydrogens (tertiary/aromatic N) is 2. The first-order valence-corrected chi connectivity index (χ1v) is 6.07. The highest BCUT2D eigenvalue weighted by atomic mass is 16.5. The Kier molecular flexibility index (Phi) is 4.20. The molecule has 19 heavy (non-hydrogen) atoms. The summed E-state index contributed by atoms with van der Waals surface area (Å²) >= 11 is 0. The highest BCUT2D eigenvalue weighted by molar-refractivity contribution is 5.62. The van der Waals surface area contributed by atoms with Gasteiger partial charge in [-0.2, -0.15) is 0 Å². The van der Waals surface area contributed by atoms with Crippen molar-refractivity contribution in [2.45, 2.75) is 6.92 Å². The van der Waals surface area contributed by atoms with E-state index in [9.17, 15) is 0 Å². The Bertz CT molecular complexity index is 520. The van der Waals surface area contributed by atoms with Gasteiger partial charge < -0.3 is 10.1 Å². The minimum atomic E-state index is 0.611. The molecule has 1 aromatic rings. The topological polar surface area (TPSA) is 63.4 Å². The van der Waals surface area contributed by atoms with Crippen LogP contribution in [0.2, 0.25) is 0 Å². The number of nitrogens with one attached hydrogen (secondary N) is 1. The van der Waals surface area contributed by atoms with Crippen molar-refractivity contribution in [3.05, 3.63) is 59.9 Å². The predicted molar refractivity (Wildman–Crippen MR) is 75.1 cm³/mol. The van der Waals surface area contributed by atoms with Crippen molar-refractivity contribution in [3.8, 4) is 0 Å². The Balaban J connectivity index is 2.22. The van der Waals surface area contributed by atoms with Crippen molar-refractivity contribution < 1.29 is 4.74 Å². The highest BCUT2D eigenvalue weighted by Gasteiger charge is 2.15. The van der Waals surface area contributed by atoms with Crippen molar-refractivity contribution in [1.82, 2.24) is 15.3 Å². The van der Waals surface area contributed by atoms with Gasteiger partial charge in [0.15, 0.2) is 5.88 Å². The van der Waals surface area contributed by atoms with Crippen molar-refractivity contribution in [1.29, 1.82) is 0 Å². The average molecular weight is 258 g/mol. The minimum Gasteiger partial charge on any atom is -0.483 e. The maximum Gasteiger partial charge on any atom is 0.186 e. The van der Waals surface area contributed by atoms with E-state index in [1.165, 1.54) is 0 Å². The normalized spacial score (nSPS) is 15.2. The second-order valence-corrected chi connectivity index (χ2v) is 4.01. The van der Waals surface area contributed by atoms with E-state index in [2.05, 4.69) is 10.3 Å². The van der Waals surface area contributed by atoms with Gasteiger partial charge in [-0.3, -0.25) is 9.99 Å². The lowest BCUT2D eigenvalue weighted by atomic mass is 10.2. The molecule has 100 valence electrons. The smallest absolute Gasteiger partial charge is 0.186 e. The molecular weight excluding hydrogens is 240 g/mol. The standard InChI is InChI=1S/C14H18N4O/c1-3-13(12-6-4-5-9-16-12)18(15)11-7-8-14(19-2)17-10-11/h3-9,17H,10,15H2,1-2H3/b13-3-. The van der Waals surface area contributed by atoms with Crippen LogP contribution in [0.1, 0.15) is 12.6 Å². The van der Waals surface area contributed by atoms with Gasteiger partial charge in [0.1, 0.15) is 0 Å². The van der Waals surface area contributed by atoms with Crippen molar-refractivity contribution in [2.24, 2.45) is 5.84 Å². The first-order chi connectivity index (χ1) is 9.26. The molecular formula is C14H18N4O. The van der Waals surface area contributed by atoms with Crippen LogP contribution in [-0.2, 0) is 4.74 Å². The van der Waals surface area contributed by atoms with Crippen LogP contribution in [0.25, 0.3) is 5.70 Å². The van der Waals surface area contributed by atoms with Gasteiger partial charge >= 0.3 is 0 Å². The molecule has 0 spiro atoms. The van der Waals surface area contributed by atoms with Gasteiger partial charge in [-0.25, -0.2) is 5.84 Å². The second kappa shape index (κ2) is 6.06. The van der Waals surface area contributed by atoms with Crippen LogP contribution in [0.3, 0.4) is 0 Å². The summed E-state index contributed by atoms with van der Waals surface area (Å²) in [6.45, 7) is 2.55. The summed E-state index contributed by atoms with van der Waals surface area (Å²) in [5, 5.41) is 4.77. The summed E-state index contributed by atoms with van der Waals surface area (Å²) in [7, 11) is 1.63. The van der Waals surface area contributed by atoms with Crippen molar-refractivity contribution in [2.75, 3.05) is 13.7 Å². The van der Waals surface area contributed by atoms with E-state index < -0.39 is 0 Å². The van der Waals surface area contributed by atoms with E-state index in [0.717, 1.165) is 23.0 Å². The van der Waals surface area contributed by atoms with Crippen LogP contribution in [0.4, 0.5) is 0 Å². The third kappa shape index (κ3) is 2.95. The summed E-state index contributed by atoms with van der Waals surface area (Å²) in [5.41, 5.74) is 2.65. The summed E-state index contributed by atoms with van der Waals surface area (Å²) in [5.74, 6) is 6.90. The number of dihydropyridines is 1. The molecule has 0 amide bonds. The van der Waals surface area contributed by atoms with Crippen molar-refractivity contribution in [3.63, 3.8) is 0 Å². The number of rotatable bonds is 4. The molecule has 0 atom stereocenters. The molecule has 0 unspecified atom stereocenters. The fourth-order valence-electron chi connectivity index (χ4n) is 1.85. The molecule has 3 N–H and O–H groups in total. The summed E-state index contributed by atoms with van der Waals surface area (Å²) in [6, 6.07) is 5.76. The van der Waals surface area contributed by atoms with E-state index >= 15 is 0 Å². The number of aromatic nitrogens is 1. The molecule has 0 aliphatic carbocycles. The molecule has 0 bridgehead atoms. The zero-order chi connectivity index (χ0) is 13.7. The Labute approximate surface area is 113 Å². The van der Waals surface area contributed by atoms with E-state index in [1.54, 1.807) is 18.3 Å². The van der Waals surface area contributed by atoms with E-state index in [0.29, 0.717) is 6.54 Å². The van der Waals surface area contributed by atoms with Crippen LogP contribution in [0.5, 0.6) is 0 Å². The monoisotopic (exact) mass is 258 g/mol. The predicted octanol–water partition coefficient (Wildman–Crippen LogP) is 1.59. The van der Waals surface area contributed by atoms with Crippen molar-refractivity contribution >= 4 is 5.70 Å². The third-order valence-corrected chi connectivity index (χ3v) is 2.86. The molecule has 2 heterocycles. The van der Waals surface area contributed by atoms with E-state index in [1.807, 2.05) is 43.4 Å². The molecule has 0 fully saturated rings. The molecule has 0 saturated carbocycles. The molecule has 1 aliphatic rings. The number of ether oxygens (including phenoxy) is 1. The van der Waals surface area contributed by atoms with Gasteiger partial charge in [-0.05, 0) is 31.2 Å². The maximum atomic E-state index is 6.17. The van der Waals surface area contributed by atoms with Crippen LogP contribution in [0, 0.1) is 0 Å². The third-order valence-electron chi connectivity index (χ3n) is 2.86.